The van der Waals surface area contributed by atoms with Crippen LogP contribution in [0.25, 0.3) is 0 Å². The Kier molecular flexibility index (Phi) is 10.5. The number of quaternary nitrogens is 1. The summed E-state index contributed by atoms with van der Waals surface area (Å²) < 4.78 is 0.959. The molecule has 9 unspecified atom stereocenters. The van der Waals surface area contributed by atoms with Crippen molar-refractivity contribution in [1.82, 2.24) is 5.32 Å². The van der Waals surface area contributed by atoms with Crippen molar-refractivity contribution in [3.63, 3.8) is 0 Å². The predicted molar refractivity (Wildman–Crippen MR) is 160 cm³/mol. The fourth-order valence-corrected chi connectivity index (χ4v) is 11.5. The lowest BCUT2D eigenvalue weighted by Gasteiger charge is -2.61. The number of likely N-dealkylation sites (tertiary alicyclic amines) is 1. The van der Waals surface area contributed by atoms with E-state index in [0.29, 0.717) is 29.3 Å². The highest BCUT2D eigenvalue weighted by Gasteiger charge is 2.60. The Labute approximate surface area is 259 Å². The molecule has 0 bridgehead atoms. The van der Waals surface area contributed by atoms with Crippen LogP contribution in [0.3, 0.4) is 0 Å². The third-order valence-electron chi connectivity index (χ3n) is 13.7. The summed E-state index contributed by atoms with van der Waals surface area (Å²) in [7, 11) is 2.30. The average molecular weight is 655 g/mol. The zero-order chi connectivity index (χ0) is 27.1. The largest absolute Gasteiger partial charge is 1.00 e. The lowest BCUT2D eigenvalue weighted by Crippen LogP contribution is -3.00. The predicted octanol–water partition coefficient (Wildman–Crippen LogP) is 5.23. The molecule has 5 aliphatic rings. The van der Waals surface area contributed by atoms with Gasteiger partial charge < -0.3 is 33.8 Å². The average Bonchev–Trinajstić information content (AvgIpc) is 3.21. The van der Waals surface area contributed by atoms with Crippen molar-refractivity contribution >= 4 is 5.91 Å². The van der Waals surface area contributed by atoms with Crippen molar-refractivity contribution in [1.29, 1.82) is 0 Å². The first kappa shape index (κ1) is 32.1. The van der Waals surface area contributed by atoms with Gasteiger partial charge in [0, 0.05) is 6.04 Å². The molecular formula is C35H63IN2O. The quantitative estimate of drug-likeness (QED) is 0.282. The van der Waals surface area contributed by atoms with E-state index in [1.165, 1.54) is 109 Å². The second kappa shape index (κ2) is 12.8. The van der Waals surface area contributed by atoms with Crippen LogP contribution in [0.1, 0.15) is 131 Å². The van der Waals surface area contributed by atoms with Crippen LogP contribution in [0.5, 0.6) is 0 Å². The van der Waals surface area contributed by atoms with Crippen LogP contribution < -0.4 is 29.3 Å². The summed E-state index contributed by atoms with van der Waals surface area (Å²) in [5.74, 6) is 6.73. The zero-order valence-corrected chi connectivity index (χ0v) is 28.7. The fourth-order valence-electron chi connectivity index (χ4n) is 11.5. The summed E-state index contributed by atoms with van der Waals surface area (Å²) in [4.78, 5) is 13.1. The van der Waals surface area contributed by atoms with E-state index in [-0.39, 0.29) is 24.0 Å². The van der Waals surface area contributed by atoms with E-state index in [0.717, 1.165) is 45.9 Å². The first-order valence-electron chi connectivity index (χ1n) is 17.2. The number of halogens is 1. The summed E-state index contributed by atoms with van der Waals surface area (Å²) >= 11 is 0. The van der Waals surface area contributed by atoms with Crippen molar-refractivity contribution in [2.75, 3.05) is 26.7 Å². The molecule has 1 amide bonds. The minimum atomic E-state index is 0. The number of carbonyl (C=O) groups excluding carboxylic acids is 1. The monoisotopic (exact) mass is 654 g/mol. The lowest BCUT2D eigenvalue weighted by molar-refractivity contribution is -0.906. The molecule has 39 heavy (non-hydrogen) atoms. The first-order chi connectivity index (χ1) is 18.0. The van der Waals surface area contributed by atoms with Gasteiger partial charge in [-0.1, -0.05) is 53.9 Å². The molecule has 0 aromatic carbocycles. The number of nitrogens with one attached hydrogen (secondary N) is 1. The molecule has 5 fully saturated rings. The maximum Gasteiger partial charge on any atom is 0.275 e. The molecule has 4 aliphatic carbocycles. The molecule has 226 valence electrons. The standard InChI is InChI=1S/C35H62N2O.HI/c1-25(2)11-10-12-26(3)30-15-16-31-29-14-13-27-23-28(36-33(38)24-37(6)21-8-7-9-22-37)17-19-34(27,4)32(29)18-20-35(30,31)5;/h25-32H,7-24H2,1-6H3;1H. The molecule has 0 aromatic rings. The molecular weight excluding hydrogens is 591 g/mol. The maximum atomic E-state index is 13.1. The number of carbonyl (C=O) groups is 1. The van der Waals surface area contributed by atoms with Gasteiger partial charge in [0.25, 0.3) is 5.91 Å². The Morgan fingerprint density at radius 2 is 1.56 bits per heavy atom. The van der Waals surface area contributed by atoms with Crippen molar-refractivity contribution in [3.05, 3.63) is 0 Å². The first-order valence-corrected chi connectivity index (χ1v) is 17.2. The molecule has 1 N–H and O–H groups in total. The van der Waals surface area contributed by atoms with Crippen LogP contribution in [-0.2, 0) is 4.79 Å². The van der Waals surface area contributed by atoms with E-state index < -0.39 is 0 Å². The number of rotatable bonds is 8. The second-order valence-corrected chi connectivity index (χ2v) is 16.5. The van der Waals surface area contributed by atoms with Crippen LogP contribution in [-0.4, -0.2) is 43.1 Å². The smallest absolute Gasteiger partial charge is 0.275 e. The topological polar surface area (TPSA) is 29.1 Å². The Balaban J connectivity index is 0.00000353. The molecule has 9 atom stereocenters. The van der Waals surface area contributed by atoms with E-state index >= 15 is 0 Å². The molecule has 0 aromatic heterocycles. The van der Waals surface area contributed by atoms with E-state index in [4.69, 9.17) is 0 Å². The normalized spacial score (nSPS) is 42.0. The molecule has 0 spiro atoms. The van der Waals surface area contributed by atoms with E-state index in [2.05, 4.69) is 47.0 Å². The van der Waals surface area contributed by atoms with E-state index in [1.807, 2.05) is 0 Å². The van der Waals surface area contributed by atoms with Gasteiger partial charge in [-0.05, 0) is 129 Å². The maximum absolute atomic E-state index is 13.1. The lowest BCUT2D eigenvalue weighted by atomic mass is 9.44. The van der Waals surface area contributed by atoms with Gasteiger partial charge >= 0.3 is 0 Å². The van der Waals surface area contributed by atoms with Gasteiger partial charge in [-0.25, -0.2) is 0 Å². The van der Waals surface area contributed by atoms with E-state index in [9.17, 15) is 4.79 Å². The molecule has 3 nitrogen and oxygen atoms in total. The van der Waals surface area contributed by atoms with Crippen molar-refractivity contribution in [3.8, 4) is 0 Å². The van der Waals surface area contributed by atoms with Crippen molar-refractivity contribution in [2.24, 2.45) is 52.3 Å². The molecule has 1 saturated heterocycles. The van der Waals surface area contributed by atoms with Gasteiger partial charge in [-0.2, -0.15) is 0 Å². The van der Waals surface area contributed by atoms with Crippen molar-refractivity contribution in [2.45, 2.75) is 137 Å². The molecule has 0 radical (unpaired) electrons. The molecule has 5 rings (SSSR count). The number of hydrogen-bond donors (Lipinski definition) is 1. The Bertz CT molecular complexity index is 823. The summed E-state index contributed by atoms with van der Waals surface area (Å²) in [5.41, 5.74) is 1.11. The number of nitrogens with zero attached hydrogens (tertiary/aromatic N) is 1. The summed E-state index contributed by atoms with van der Waals surface area (Å²) in [5, 5.41) is 3.54. The zero-order valence-electron chi connectivity index (χ0n) is 26.6. The minimum absolute atomic E-state index is 0. The molecule has 1 heterocycles. The number of amides is 1. The van der Waals surface area contributed by atoms with Gasteiger partial charge in [-0.3, -0.25) is 4.79 Å². The highest BCUT2D eigenvalue weighted by atomic mass is 127. The van der Waals surface area contributed by atoms with Crippen LogP contribution in [0.2, 0.25) is 0 Å². The number of likely N-dealkylation sites (N-methyl/N-ethyl adjacent to an activating group) is 1. The Morgan fingerprint density at radius 3 is 2.28 bits per heavy atom. The highest BCUT2D eigenvalue weighted by Crippen LogP contribution is 2.68. The summed E-state index contributed by atoms with van der Waals surface area (Å²) in [6.07, 6.45) is 20.8. The number of fused-ring (bicyclic) bond motifs is 5. The van der Waals surface area contributed by atoms with Crippen LogP contribution in [0, 0.1) is 52.3 Å². The van der Waals surface area contributed by atoms with Gasteiger partial charge in [-0.15, -0.1) is 0 Å². The van der Waals surface area contributed by atoms with Gasteiger partial charge in [0.15, 0.2) is 6.54 Å². The summed E-state index contributed by atoms with van der Waals surface area (Å²) in [6.45, 7) is 15.8. The number of hydrogen-bond acceptors (Lipinski definition) is 1. The molecule has 4 saturated carbocycles. The number of piperidine rings is 1. The molecule has 1 aliphatic heterocycles. The van der Waals surface area contributed by atoms with Gasteiger partial charge in [0.05, 0.1) is 20.1 Å². The van der Waals surface area contributed by atoms with Crippen LogP contribution >= 0.6 is 0 Å². The van der Waals surface area contributed by atoms with Crippen LogP contribution in [0.4, 0.5) is 0 Å². The third-order valence-corrected chi connectivity index (χ3v) is 13.7. The molecule has 4 heteroatoms. The second-order valence-electron chi connectivity index (χ2n) is 16.5. The van der Waals surface area contributed by atoms with Crippen LogP contribution in [0.15, 0.2) is 0 Å². The fraction of sp³-hybridized carbons (Fsp3) is 0.971. The Morgan fingerprint density at radius 1 is 0.872 bits per heavy atom. The SMILES string of the molecule is CC(C)CCCC(C)C1CCC2C3CCC4CC(NC(=O)C[N+]5(C)CCCCC5)CCC4(C)C3CCC12C.[I-]. The highest BCUT2D eigenvalue weighted by molar-refractivity contribution is 5.77. The van der Waals surface area contributed by atoms with Gasteiger partial charge in [0.2, 0.25) is 0 Å². The third kappa shape index (κ3) is 6.57. The summed E-state index contributed by atoms with van der Waals surface area (Å²) in [6, 6.07) is 0.421. The van der Waals surface area contributed by atoms with Crippen molar-refractivity contribution < 1.29 is 33.3 Å². The minimum Gasteiger partial charge on any atom is -1.00 e. The van der Waals surface area contributed by atoms with Gasteiger partial charge in [0.1, 0.15) is 0 Å². The Hall–Kier alpha value is 0.160. The van der Waals surface area contributed by atoms with E-state index in [1.54, 1.807) is 0 Å².